The summed E-state index contributed by atoms with van der Waals surface area (Å²) in [5.74, 6) is -0.175. The molecule has 1 rings (SSSR count). The minimum atomic E-state index is -0.286. The highest BCUT2D eigenvalue weighted by Gasteiger charge is 2.21. The Morgan fingerprint density at radius 3 is 2.50 bits per heavy atom. The van der Waals surface area contributed by atoms with E-state index in [9.17, 15) is 4.79 Å². The molecular formula is C14H20ClNO2. The van der Waals surface area contributed by atoms with Gasteiger partial charge >= 0.3 is 5.97 Å². The van der Waals surface area contributed by atoms with Crippen molar-refractivity contribution < 1.29 is 9.53 Å². The van der Waals surface area contributed by atoms with E-state index < -0.39 is 0 Å². The van der Waals surface area contributed by atoms with Gasteiger partial charge in [0.1, 0.15) is 0 Å². The molecule has 0 aliphatic rings. The lowest BCUT2D eigenvalue weighted by atomic mass is 10.0. The smallest absolute Gasteiger partial charge is 0.307 e. The molecule has 0 amide bonds. The fraction of sp³-hybridized carbons (Fsp3) is 0.500. The van der Waals surface area contributed by atoms with E-state index in [1.54, 1.807) is 0 Å². The third kappa shape index (κ3) is 5.52. The summed E-state index contributed by atoms with van der Waals surface area (Å²) in [4.78, 5) is 11.4. The summed E-state index contributed by atoms with van der Waals surface area (Å²) in [5, 5.41) is 4.07. The Bertz CT molecular complexity index is 387. The Morgan fingerprint density at radius 2 is 1.94 bits per heavy atom. The molecule has 3 nitrogen and oxygen atoms in total. The van der Waals surface area contributed by atoms with Gasteiger partial charge in [0, 0.05) is 17.1 Å². The zero-order valence-corrected chi connectivity index (χ0v) is 11.9. The Morgan fingerprint density at radius 1 is 1.33 bits per heavy atom. The monoisotopic (exact) mass is 269 g/mol. The van der Waals surface area contributed by atoms with Crippen LogP contribution in [0.2, 0.25) is 5.02 Å². The van der Waals surface area contributed by atoms with Crippen LogP contribution in [0, 0.1) is 0 Å². The van der Waals surface area contributed by atoms with Gasteiger partial charge in [-0.15, -0.1) is 0 Å². The maximum Gasteiger partial charge on any atom is 0.307 e. The number of hydrogen-bond donors (Lipinski definition) is 1. The van der Waals surface area contributed by atoms with Crippen molar-refractivity contribution in [2.75, 3.05) is 6.61 Å². The van der Waals surface area contributed by atoms with Crippen LogP contribution < -0.4 is 5.32 Å². The van der Waals surface area contributed by atoms with Crippen LogP contribution in [0.25, 0.3) is 0 Å². The molecule has 1 aromatic rings. The molecule has 0 atom stereocenters. The molecule has 0 spiro atoms. The Hall–Kier alpha value is -1.06. The normalized spacial score (nSPS) is 11.3. The van der Waals surface area contributed by atoms with E-state index in [4.69, 9.17) is 16.3 Å². The van der Waals surface area contributed by atoms with Gasteiger partial charge in [-0.3, -0.25) is 4.79 Å². The number of hydrogen-bond acceptors (Lipinski definition) is 3. The number of esters is 1. The molecule has 18 heavy (non-hydrogen) atoms. The van der Waals surface area contributed by atoms with Gasteiger partial charge in [-0.05, 0) is 38.5 Å². The Labute approximate surface area is 113 Å². The first-order valence-electron chi connectivity index (χ1n) is 6.08. The summed E-state index contributed by atoms with van der Waals surface area (Å²) < 4.78 is 4.95. The van der Waals surface area contributed by atoms with Crippen LogP contribution in [0.15, 0.2) is 24.3 Å². The summed E-state index contributed by atoms with van der Waals surface area (Å²) in [6.07, 6.45) is 0.356. The maximum absolute atomic E-state index is 11.4. The first-order valence-corrected chi connectivity index (χ1v) is 6.46. The van der Waals surface area contributed by atoms with Crippen LogP contribution in [0.4, 0.5) is 0 Å². The molecule has 0 aliphatic carbocycles. The van der Waals surface area contributed by atoms with Crippen molar-refractivity contribution in [1.29, 1.82) is 0 Å². The van der Waals surface area contributed by atoms with Gasteiger partial charge in [-0.25, -0.2) is 0 Å². The number of rotatable bonds is 6. The number of carbonyl (C=O) groups is 1. The molecule has 0 saturated heterocycles. The molecule has 0 heterocycles. The fourth-order valence-corrected chi connectivity index (χ4v) is 1.70. The fourth-order valence-electron chi connectivity index (χ4n) is 1.58. The molecule has 4 heteroatoms. The Balaban J connectivity index is 2.45. The van der Waals surface area contributed by atoms with E-state index in [0.717, 1.165) is 10.6 Å². The molecule has 0 aliphatic heterocycles. The quantitative estimate of drug-likeness (QED) is 0.806. The van der Waals surface area contributed by atoms with E-state index in [-0.39, 0.29) is 11.5 Å². The zero-order chi connectivity index (χ0) is 13.6. The lowest BCUT2D eigenvalue weighted by Gasteiger charge is -2.25. The van der Waals surface area contributed by atoms with Crippen LogP contribution in [-0.2, 0) is 16.1 Å². The molecular weight excluding hydrogens is 250 g/mol. The molecule has 0 unspecified atom stereocenters. The van der Waals surface area contributed by atoms with Crippen molar-refractivity contribution in [2.24, 2.45) is 0 Å². The van der Waals surface area contributed by atoms with Crippen molar-refractivity contribution in [3.05, 3.63) is 34.9 Å². The van der Waals surface area contributed by atoms with E-state index in [1.165, 1.54) is 0 Å². The van der Waals surface area contributed by atoms with Crippen molar-refractivity contribution >= 4 is 17.6 Å². The minimum absolute atomic E-state index is 0.175. The molecule has 0 saturated carbocycles. The average molecular weight is 270 g/mol. The van der Waals surface area contributed by atoms with Crippen molar-refractivity contribution in [3.8, 4) is 0 Å². The topological polar surface area (TPSA) is 38.3 Å². The third-order valence-electron chi connectivity index (χ3n) is 2.58. The summed E-state index contributed by atoms with van der Waals surface area (Å²) >= 11 is 5.82. The number of nitrogens with one attached hydrogen (secondary N) is 1. The van der Waals surface area contributed by atoms with Crippen molar-refractivity contribution in [3.63, 3.8) is 0 Å². The number of benzene rings is 1. The highest BCUT2D eigenvalue weighted by Crippen LogP contribution is 2.13. The van der Waals surface area contributed by atoms with Crippen LogP contribution in [-0.4, -0.2) is 18.1 Å². The summed E-state index contributed by atoms with van der Waals surface area (Å²) in [7, 11) is 0. The first kappa shape index (κ1) is 15.0. The van der Waals surface area contributed by atoms with E-state index in [1.807, 2.05) is 45.0 Å². The van der Waals surface area contributed by atoms with Crippen LogP contribution in [0.5, 0.6) is 0 Å². The largest absolute Gasteiger partial charge is 0.466 e. The van der Waals surface area contributed by atoms with Crippen LogP contribution >= 0.6 is 11.6 Å². The highest BCUT2D eigenvalue weighted by molar-refractivity contribution is 6.30. The second-order valence-corrected chi connectivity index (χ2v) is 5.28. The lowest BCUT2D eigenvalue weighted by Crippen LogP contribution is -2.41. The summed E-state index contributed by atoms with van der Waals surface area (Å²) in [6, 6.07) is 7.65. The predicted octanol–water partition coefficient (Wildman–Crippen LogP) is 3.16. The number of ether oxygens (including phenoxy) is 1. The lowest BCUT2D eigenvalue weighted by molar-refractivity contribution is -0.144. The van der Waals surface area contributed by atoms with Gasteiger partial charge in [0.25, 0.3) is 0 Å². The van der Waals surface area contributed by atoms with Gasteiger partial charge in [0.2, 0.25) is 0 Å². The standard InChI is InChI=1S/C14H20ClNO2/c1-4-18-13(17)9-14(2,3)16-10-11-5-7-12(15)8-6-11/h5-8,16H,4,9-10H2,1-3H3. The summed E-state index contributed by atoms with van der Waals surface area (Å²) in [6.45, 7) is 6.90. The average Bonchev–Trinajstić information content (AvgIpc) is 2.28. The van der Waals surface area contributed by atoms with Gasteiger partial charge in [0.15, 0.2) is 0 Å². The minimum Gasteiger partial charge on any atom is -0.466 e. The van der Waals surface area contributed by atoms with Gasteiger partial charge in [-0.2, -0.15) is 0 Å². The SMILES string of the molecule is CCOC(=O)CC(C)(C)NCc1ccc(Cl)cc1. The van der Waals surface area contributed by atoms with Crippen molar-refractivity contribution in [1.82, 2.24) is 5.32 Å². The van der Waals surface area contributed by atoms with Gasteiger partial charge < -0.3 is 10.1 Å². The second-order valence-electron chi connectivity index (χ2n) is 4.85. The highest BCUT2D eigenvalue weighted by atomic mass is 35.5. The molecule has 0 aromatic heterocycles. The van der Waals surface area contributed by atoms with E-state index >= 15 is 0 Å². The first-order chi connectivity index (χ1) is 8.43. The number of carbonyl (C=O) groups excluding carboxylic acids is 1. The van der Waals surface area contributed by atoms with Crippen molar-refractivity contribution in [2.45, 2.75) is 39.3 Å². The summed E-state index contributed by atoms with van der Waals surface area (Å²) in [5.41, 5.74) is 0.850. The van der Waals surface area contributed by atoms with Gasteiger partial charge in [-0.1, -0.05) is 23.7 Å². The molecule has 0 fully saturated rings. The van der Waals surface area contributed by atoms with E-state index in [2.05, 4.69) is 5.32 Å². The second kappa shape index (κ2) is 6.76. The zero-order valence-electron chi connectivity index (χ0n) is 11.1. The molecule has 1 aromatic carbocycles. The molecule has 1 N–H and O–H groups in total. The Kier molecular flexibility index (Phi) is 5.63. The maximum atomic E-state index is 11.4. The van der Waals surface area contributed by atoms with E-state index in [0.29, 0.717) is 19.6 Å². The molecule has 0 radical (unpaired) electrons. The van der Waals surface area contributed by atoms with Crippen LogP contribution in [0.3, 0.4) is 0 Å². The number of halogens is 1. The van der Waals surface area contributed by atoms with Crippen LogP contribution in [0.1, 0.15) is 32.8 Å². The molecule has 0 bridgehead atoms. The third-order valence-corrected chi connectivity index (χ3v) is 2.83. The predicted molar refractivity (Wildman–Crippen MR) is 73.6 cm³/mol. The molecule has 100 valence electrons. The van der Waals surface area contributed by atoms with Gasteiger partial charge in [0.05, 0.1) is 13.0 Å².